The van der Waals surface area contributed by atoms with Crippen LogP contribution in [0.15, 0.2) is 18.2 Å². The molecule has 0 amide bonds. The van der Waals surface area contributed by atoms with Gasteiger partial charge in [0.25, 0.3) is 0 Å². The molecular weight excluding hydrogens is 257 g/mol. The van der Waals surface area contributed by atoms with E-state index in [-0.39, 0.29) is 25.3 Å². The van der Waals surface area contributed by atoms with Crippen molar-refractivity contribution in [3.8, 4) is 0 Å². The summed E-state index contributed by atoms with van der Waals surface area (Å²) in [5.41, 5.74) is -0.0224. The van der Waals surface area contributed by atoms with Gasteiger partial charge in [-0.3, -0.25) is 0 Å². The summed E-state index contributed by atoms with van der Waals surface area (Å²) in [6.45, 7) is -1.22. The van der Waals surface area contributed by atoms with Gasteiger partial charge < -0.3 is 10.1 Å². The molecule has 0 spiro atoms. The topological polar surface area (TPSA) is 21.3 Å². The Balaban J connectivity index is 2.20. The first-order valence-corrected chi connectivity index (χ1v) is 5.22. The van der Waals surface area contributed by atoms with Crippen molar-refractivity contribution in [1.82, 2.24) is 0 Å². The van der Waals surface area contributed by atoms with E-state index in [0.29, 0.717) is 0 Å². The van der Waals surface area contributed by atoms with Crippen molar-refractivity contribution < 1.29 is 26.7 Å². The Hall–Kier alpha value is -1.37. The smallest absolute Gasteiger partial charge is 0.383 e. The zero-order valence-corrected chi connectivity index (χ0v) is 9.36. The van der Waals surface area contributed by atoms with Gasteiger partial charge in [-0.25, -0.2) is 8.78 Å². The number of nitrogens with one attached hydrogen (secondary N) is 1. The predicted octanol–water partition coefficient (Wildman–Crippen LogP) is 3.35. The summed E-state index contributed by atoms with van der Waals surface area (Å²) in [5, 5.41) is 2.58. The number of hydrogen-bond donors (Lipinski definition) is 1. The molecule has 0 aliphatic rings. The van der Waals surface area contributed by atoms with E-state index >= 15 is 0 Å². The Kier molecular flexibility index (Phi) is 5.33. The van der Waals surface area contributed by atoms with Gasteiger partial charge >= 0.3 is 6.18 Å². The highest BCUT2D eigenvalue weighted by Crippen LogP contribution is 2.16. The zero-order chi connectivity index (χ0) is 13.6. The molecule has 0 radical (unpaired) electrons. The molecule has 7 heteroatoms. The number of alkyl halides is 3. The van der Waals surface area contributed by atoms with E-state index in [9.17, 15) is 22.0 Å². The zero-order valence-electron chi connectivity index (χ0n) is 9.36. The molecule has 102 valence electrons. The van der Waals surface area contributed by atoms with Crippen LogP contribution in [0.4, 0.5) is 27.6 Å². The number of hydrogen-bond acceptors (Lipinski definition) is 2. The lowest BCUT2D eigenvalue weighted by Gasteiger charge is -2.09. The number of anilines is 1. The van der Waals surface area contributed by atoms with Gasteiger partial charge in [0.2, 0.25) is 0 Å². The molecule has 1 N–H and O–H groups in total. The van der Waals surface area contributed by atoms with E-state index in [0.717, 1.165) is 6.07 Å². The van der Waals surface area contributed by atoms with E-state index in [2.05, 4.69) is 10.1 Å². The Morgan fingerprint density at radius 1 is 1.17 bits per heavy atom. The Morgan fingerprint density at radius 2 is 1.89 bits per heavy atom. The first-order chi connectivity index (χ1) is 8.40. The minimum atomic E-state index is -4.35. The third kappa shape index (κ3) is 5.31. The van der Waals surface area contributed by atoms with Gasteiger partial charge in [-0.1, -0.05) is 6.07 Å². The Labute approximate surface area is 101 Å². The van der Waals surface area contributed by atoms with Crippen molar-refractivity contribution in [2.75, 3.05) is 25.1 Å². The maximum atomic E-state index is 13.1. The summed E-state index contributed by atoms with van der Waals surface area (Å²) in [7, 11) is 0. The summed E-state index contributed by atoms with van der Waals surface area (Å²) in [4.78, 5) is 0. The third-order valence-corrected chi connectivity index (χ3v) is 2.00. The molecule has 18 heavy (non-hydrogen) atoms. The molecule has 0 aromatic heterocycles. The molecule has 0 aliphatic carbocycles. The number of benzene rings is 1. The molecule has 0 atom stereocenters. The van der Waals surface area contributed by atoms with Crippen molar-refractivity contribution in [2.24, 2.45) is 0 Å². The quantitative estimate of drug-likeness (QED) is 0.631. The van der Waals surface area contributed by atoms with Gasteiger partial charge in [-0.15, -0.1) is 0 Å². The normalized spacial score (nSPS) is 11.6. The van der Waals surface area contributed by atoms with E-state index in [1.54, 1.807) is 0 Å². The molecule has 1 aromatic carbocycles. The highest BCUT2D eigenvalue weighted by atomic mass is 19.4. The summed E-state index contributed by atoms with van der Waals surface area (Å²) >= 11 is 0. The van der Waals surface area contributed by atoms with E-state index in [1.807, 2.05) is 0 Å². The van der Waals surface area contributed by atoms with Crippen LogP contribution in [0.25, 0.3) is 0 Å². The highest BCUT2D eigenvalue weighted by Gasteiger charge is 2.27. The van der Waals surface area contributed by atoms with Gasteiger partial charge in [-0.05, 0) is 18.6 Å². The van der Waals surface area contributed by atoms with Crippen molar-refractivity contribution >= 4 is 5.69 Å². The molecule has 1 rings (SSSR count). The second-order valence-electron chi connectivity index (χ2n) is 3.55. The lowest BCUT2D eigenvalue weighted by Crippen LogP contribution is -2.18. The van der Waals surface area contributed by atoms with Gasteiger partial charge in [0, 0.05) is 13.2 Å². The number of rotatable bonds is 6. The van der Waals surface area contributed by atoms with Gasteiger partial charge in [0.05, 0.1) is 5.69 Å². The van der Waals surface area contributed by atoms with Crippen LogP contribution in [0.5, 0.6) is 0 Å². The van der Waals surface area contributed by atoms with Crippen LogP contribution >= 0.6 is 0 Å². The summed E-state index contributed by atoms with van der Waals surface area (Å²) in [5.74, 6) is -1.98. The van der Waals surface area contributed by atoms with Crippen LogP contribution in [0.2, 0.25) is 0 Å². The fourth-order valence-electron chi connectivity index (χ4n) is 1.23. The molecule has 0 unspecified atom stereocenters. The van der Waals surface area contributed by atoms with E-state index in [1.165, 1.54) is 12.1 Å². The molecule has 2 nitrogen and oxygen atoms in total. The van der Waals surface area contributed by atoms with Crippen LogP contribution in [-0.2, 0) is 4.74 Å². The summed E-state index contributed by atoms with van der Waals surface area (Å²) < 4.78 is 65.3. The first kappa shape index (κ1) is 14.7. The molecule has 0 saturated heterocycles. The van der Waals surface area contributed by atoms with Crippen LogP contribution in [0, 0.1) is 11.6 Å². The molecule has 0 aliphatic heterocycles. The molecule has 0 saturated carbocycles. The summed E-state index contributed by atoms with van der Waals surface area (Å²) in [6.07, 6.45) is -4.09. The maximum absolute atomic E-state index is 13.1. The van der Waals surface area contributed by atoms with Gasteiger partial charge in [0.15, 0.2) is 11.6 Å². The van der Waals surface area contributed by atoms with Crippen molar-refractivity contribution in [3.63, 3.8) is 0 Å². The molecular formula is C11H12F5NO. The standard InChI is InChI=1S/C11H12F5NO/c12-8-3-1-4-9(10(8)13)17-5-2-6-18-7-11(14,15)16/h1,3-4,17H,2,5-7H2. The second kappa shape index (κ2) is 6.53. The largest absolute Gasteiger partial charge is 0.411 e. The fraction of sp³-hybridized carbons (Fsp3) is 0.455. The molecule has 0 bridgehead atoms. The van der Waals surface area contributed by atoms with Crippen molar-refractivity contribution in [2.45, 2.75) is 12.6 Å². The van der Waals surface area contributed by atoms with Crippen LogP contribution in [-0.4, -0.2) is 25.9 Å². The molecule has 0 fully saturated rings. The third-order valence-electron chi connectivity index (χ3n) is 2.00. The van der Waals surface area contributed by atoms with Crippen LogP contribution < -0.4 is 5.32 Å². The minimum Gasteiger partial charge on any atom is -0.383 e. The van der Waals surface area contributed by atoms with Gasteiger partial charge in [-0.2, -0.15) is 13.2 Å². The van der Waals surface area contributed by atoms with Crippen LogP contribution in [0.3, 0.4) is 0 Å². The summed E-state index contributed by atoms with van der Waals surface area (Å²) in [6, 6.07) is 3.66. The van der Waals surface area contributed by atoms with Crippen molar-refractivity contribution in [1.29, 1.82) is 0 Å². The second-order valence-corrected chi connectivity index (χ2v) is 3.55. The maximum Gasteiger partial charge on any atom is 0.411 e. The van der Waals surface area contributed by atoms with Crippen LogP contribution in [0.1, 0.15) is 6.42 Å². The van der Waals surface area contributed by atoms with Gasteiger partial charge in [0.1, 0.15) is 6.61 Å². The Morgan fingerprint density at radius 3 is 2.56 bits per heavy atom. The SMILES string of the molecule is Fc1cccc(NCCCOCC(F)(F)F)c1F. The molecule has 0 heterocycles. The lowest BCUT2D eigenvalue weighted by atomic mass is 10.3. The number of ether oxygens (including phenoxy) is 1. The minimum absolute atomic E-state index is 0.0224. The number of halogens is 5. The average molecular weight is 269 g/mol. The molecule has 1 aromatic rings. The highest BCUT2D eigenvalue weighted by molar-refractivity contribution is 5.44. The fourth-order valence-corrected chi connectivity index (χ4v) is 1.23. The Bertz CT molecular complexity index is 380. The monoisotopic (exact) mass is 269 g/mol. The first-order valence-electron chi connectivity index (χ1n) is 5.22. The van der Waals surface area contributed by atoms with E-state index in [4.69, 9.17) is 0 Å². The van der Waals surface area contributed by atoms with E-state index < -0.39 is 24.4 Å². The average Bonchev–Trinajstić information content (AvgIpc) is 2.27. The predicted molar refractivity (Wildman–Crippen MR) is 56.3 cm³/mol. The lowest BCUT2D eigenvalue weighted by molar-refractivity contribution is -0.173. The van der Waals surface area contributed by atoms with Crippen molar-refractivity contribution in [3.05, 3.63) is 29.8 Å².